The van der Waals surface area contributed by atoms with Crippen molar-refractivity contribution in [1.29, 1.82) is 0 Å². The topological polar surface area (TPSA) is 75.8 Å². The van der Waals surface area contributed by atoms with Crippen molar-refractivity contribution in [2.24, 2.45) is 0 Å². The van der Waals surface area contributed by atoms with Crippen molar-refractivity contribution in [1.82, 2.24) is 4.90 Å². The second-order valence-corrected chi connectivity index (χ2v) is 4.79. The van der Waals surface area contributed by atoms with E-state index in [0.717, 1.165) is 12.1 Å². The number of hydrogen-bond donors (Lipinski definition) is 2. The number of amides is 1. The van der Waals surface area contributed by atoms with Crippen LogP contribution in [0.15, 0.2) is 12.1 Å². The minimum atomic E-state index is -1.06. The maximum atomic E-state index is 13.9. The van der Waals surface area contributed by atoms with Crippen LogP contribution in [0.25, 0.3) is 0 Å². The Balaban J connectivity index is 2.29. The molecule has 0 aliphatic carbocycles. The van der Waals surface area contributed by atoms with Crippen LogP contribution >= 0.6 is 0 Å². The van der Waals surface area contributed by atoms with Crippen molar-refractivity contribution >= 4 is 11.6 Å². The molecule has 1 aromatic carbocycles. The number of ether oxygens (including phenoxy) is 1. The number of rotatable bonds is 2. The Hall–Kier alpha value is -1.73. The molecule has 5 nitrogen and oxygen atoms in total. The Morgan fingerprint density at radius 2 is 2.20 bits per heavy atom. The zero-order chi connectivity index (χ0) is 14.9. The van der Waals surface area contributed by atoms with Gasteiger partial charge in [0.15, 0.2) is 5.82 Å². The van der Waals surface area contributed by atoms with E-state index < -0.39 is 29.2 Å². The van der Waals surface area contributed by atoms with Gasteiger partial charge in [-0.1, -0.05) is 0 Å². The van der Waals surface area contributed by atoms with Gasteiger partial charge < -0.3 is 20.5 Å². The fraction of sp³-hybridized carbons (Fsp3) is 0.462. The summed E-state index contributed by atoms with van der Waals surface area (Å²) in [5.41, 5.74) is 4.41. The number of morpholine rings is 1. The van der Waals surface area contributed by atoms with E-state index >= 15 is 0 Å². The molecule has 0 radical (unpaired) electrons. The number of aliphatic hydroxyl groups excluding tert-OH is 1. The molecule has 0 bridgehead atoms. The summed E-state index contributed by atoms with van der Waals surface area (Å²) in [6, 6.07) is 2.03. The number of anilines is 1. The highest BCUT2D eigenvalue weighted by atomic mass is 19.1. The van der Waals surface area contributed by atoms with Crippen molar-refractivity contribution in [2.75, 3.05) is 25.4 Å². The van der Waals surface area contributed by atoms with Crippen LogP contribution in [-0.2, 0) is 4.74 Å². The lowest BCUT2D eigenvalue weighted by Crippen LogP contribution is -2.50. The van der Waals surface area contributed by atoms with Gasteiger partial charge in [-0.05, 0) is 19.1 Å². The van der Waals surface area contributed by atoms with Crippen LogP contribution in [0, 0.1) is 11.6 Å². The summed E-state index contributed by atoms with van der Waals surface area (Å²) in [5, 5.41) is 9.10. The molecule has 1 aromatic rings. The molecule has 0 spiro atoms. The number of carbonyl (C=O) groups is 1. The van der Waals surface area contributed by atoms with E-state index in [4.69, 9.17) is 15.6 Å². The van der Waals surface area contributed by atoms with E-state index in [9.17, 15) is 13.6 Å². The lowest BCUT2D eigenvalue weighted by molar-refractivity contribution is -0.0860. The van der Waals surface area contributed by atoms with Crippen LogP contribution < -0.4 is 5.73 Å². The first-order chi connectivity index (χ1) is 9.43. The lowest BCUT2D eigenvalue weighted by atomic mass is 10.1. The van der Waals surface area contributed by atoms with Crippen molar-refractivity contribution in [3.63, 3.8) is 0 Å². The predicted molar refractivity (Wildman–Crippen MR) is 68.1 cm³/mol. The van der Waals surface area contributed by atoms with Crippen molar-refractivity contribution in [3.05, 3.63) is 29.3 Å². The third kappa shape index (κ3) is 2.73. The fourth-order valence-corrected chi connectivity index (χ4v) is 2.23. The number of carbonyl (C=O) groups excluding carboxylic acids is 1. The molecular weight excluding hydrogens is 270 g/mol. The molecule has 1 saturated heterocycles. The minimum absolute atomic E-state index is 0.0767. The summed E-state index contributed by atoms with van der Waals surface area (Å²) >= 11 is 0. The second kappa shape index (κ2) is 5.72. The lowest BCUT2D eigenvalue weighted by Gasteiger charge is -2.36. The Kier molecular flexibility index (Phi) is 4.20. The highest BCUT2D eigenvalue weighted by Crippen LogP contribution is 2.22. The number of hydrogen-bond acceptors (Lipinski definition) is 4. The molecule has 110 valence electrons. The average molecular weight is 286 g/mol. The normalized spacial score (nSPS) is 22.9. The van der Waals surface area contributed by atoms with Gasteiger partial charge in [0.05, 0.1) is 24.5 Å². The number of halogens is 2. The fourth-order valence-electron chi connectivity index (χ4n) is 2.23. The summed E-state index contributed by atoms with van der Waals surface area (Å²) < 4.78 is 32.9. The van der Waals surface area contributed by atoms with Gasteiger partial charge in [0.1, 0.15) is 11.4 Å². The molecule has 1 heterocycles. The molecule has 1 fully saturated rings. The first-order valence-corrected chi connectivity index (χ1v) is 6.23. The van der Waals surface area contributed by atoms with Crippen LogP contribution in [0.4, 0.5) is 14.5 Å². The number of nitrogen functional groups attached to an aromatic ring is 1. The summed E-state index contributed by atoms with van der Waals surface area (Å²) in [6.07, 6.45) is -0.882. The Bertz CT molecular complexity index is 525. The molecule has 20 heavy (non-hydrogen) atoms. The van der Waals surface area contributed by atoms with Crippen LogP contribution in [0.2, 0.25) is 0 Å². The van der Waals surface area contributed by atoms with Gasteiger partial charge in [0.25, 0.3) is 5.91 Å². The zero-order valence-corrected chi connectivity index (χ0v) is 11.0. The first-order valence-electron chi connectivity index (χ1n) is 6.23. The largest absolute Gasteiger partial charge is 0.396 e. The molecule has 1 amide bonds. The number of benzene rings is 1. The number of aliphatic hydroxyl groups is 1. The molecular formula is C13H16F2N2O3. The van der Waals surface area contributed by atoms with Crippen molar-refractivity contribution in [2.45, 2.75) is 19.1 Å². The molecule has 2 rings (SSSR count). The summed E-state index contributed by atoms with van der Waals surface area (Å²) in [5.74, 6) is -2.81. The molecule has 1 aliphatic rings. The van der Waals surface area contributed by atoms with Crippen LogP contribution in [0.3, 0.4) is 0 Å². The summed E-state index contributed by atoms with van der Waals surface area (Å²) in [6.45, 7) is 1.72. The van der Waals surface area contributed by atoms with Crippen molar-refractivity contribution < 1.29 is 23.4 Å². The molecule has 0 aromatic heterocycles. The quantitative estimate of drug-likeness (QED) is 0.787. The number of nitrogens with two attached hydrogens (primary N) is 1. The van der Waals surface area contributed by atoms with E-state index in [1.165, 1.54) is 4.90 Å². The number of nitrogens with zero attached hydrogens (tertiary/aromatic N) is 1. The van der Waals surface area contributed by atoms with Crippen LogP contribution in [0.5, 0.6) is 0 Å². The van der Waals surface area contributed by atoms with Gasteiger partial charge in [0, 0.05) is 13.1 Å². The molecule has 3 N–H and O–H groups in total. The Morgan fingerprint density at radius 3 is 2.85 bits per heavy atom. The zero-order valence-electron chi connectivity index (χ0n) is 11.0. The van der Waals surface area contributed by atoms with Gasteiger partial charge in [-0.2, -0.15) is 0 Å². The minimum Gasteiger partial charge on any atom is -0.396 e. The van der Waals surface area contributed by atoms with Gasteiger partial charge >= 0.3 is 0 Å². The molecule has 0 saturated carbocycles. The average Bonchev–Trinajstić information content (AvgIpc) is 2.42. The van der Waals surface area contributed by atoms with Gasteiger partial charge in [0.2, 0.25) is 0 Å². The standard InChI is InChI=1S/C13H16F2N2O3/c1-7-4-17(5-8(6-18)20-7)13(19)11-9(14)2-3-10(16)12(11)15/h2-3,7-8,18H,4-6,16H2,1H3. The maximum absolute atomic E-state index is 13.9. The third-order valence-electron chi connectivity index (χ3n) is 3.15. The molecule has 2 unspecified atom stereocenters. The Labute approximate surface area is 114 Å². The highest BCUT2D eigenvalue weighted by Gasteiger charge is 2.31. The van der Waals surface area contributed by atoms with E-state index in [2.05, 4.69) is 0 Å². The summed E-state index contributed by atoms with van der Waals surface area (Å²) in [7, 11) is 0. The second-order valence-electron chi connectivity index (χ2n) is 4.79. The van der Waals surface area contributed by atoms with Crippen LogP contribution in [-0.4, -0.2) is 47.8 Å². The molecule has 1 aliphatic heterocycles. The monoisotopic (exact) mass is 286 g/mol. The third-order valence-corrected chi connectivity index (χ3v) is 3.15. The first kappa shape index (κ1) is 14.7. The summed E-state index contributed by atoms with van der Waals surface area (Å²) in [4.78, 5) is 13.5. The van der Waals surface area contributed by atoms with Gasteiger partial charge in [-0.25, -0.2) is 8.78 Å². The SMILES string of the molecule is CC1CN(C(=O)c2c(F)ccc(N)c2F)CC(CO)O1. The van der Waals surface area contributed by atoms with Crippen LogP contribution in [0.1, 0.15) is 17.3 Å². The van der Waals surface area contributed by atoms with E-state index in [0.29, 0.717) is 0 Å². The smallest absolute Gasteiger partial charge is 0.260 e. The van der Waals surface area contributed by atoms with E-state index in [1.807, 2.05) is 0 Å². The van der Waals surface area contributed by atoms with Gasteiger partial charge in [-0.3, -0.25) is 4.79 Å². The predicted octanol–water partition coefficient (Wildman–Crippen LogP) is 0.769. The molecule has 2 atom stereocenters. The van der Waals surface area contributed by atoms with Crippen molar-refractivity contribution in [3.8, 4) is 0 Å². The highest BCUT2D eigenvalue weighted by molar-refractivity contribution is 5.95. The Morgan fingerprint density at radius 1 is 1.50 bits per heavy atom. The van der Waals surface area contributed by atoms with Gasteiger partial charge in [-0.15, -0.1) is 0 Å². The van der Waals surface area contributed by atoms with E-state index in [-0.39, 0.29) is 31.5 Å². The maximum Gasteiger partial charge on any atom is 0.260 e. The van der Waals surface area contributed by atoms with E-state index in [1.54, 1.807) is 6.92 Å². The molecule has 7 heteroatoms.